The van der Waals surface area contributed by atoms with Crippen LogP contribution in [-0.2, 0) is 0 Å². The maximum absolute atomic E-state index is 8.59. The van der Waals surface area contributed by atoms with Gasteiger partial charge in [-0.3, -0.25) is 0 Å². The maximum atomic E-state index is 8.59. The summed E-state index contributed by atoms with van der Waals surface area (Å²) in [6.07, 6.45) is 0. The molecule has 1 rings (SSSR count). The first-order chi connectivity index (χ1) is 4.24. The van der Waals surface area contributed by atoms with Crippen molar-refractivity contribution in [2.24, 2.45) is 5.11 Å². The molecule has 0 amide bonds. The van der Waals surface area contributed by atoms with Gasteiger partial charge in [-0.25, -0.2) is 5.53 Å². The molecule has 0 saturated carbocycles. The molecule has 3 N–H and O–H groups in total. The van der Waals surface area contributed by atoms with Crippen molar-refractivity contribution in [1.29, 1.82) is 5.53 Å². The molecule has 9 heavy (non-hydrogen) atoms. The summed E-state index contributed by atoms with van der Waals surface area (Å²) in [5.41, 5.74) is 6.32. The van der Waals surface area contributed by atoms with Gasteiger partial charge in [-0.2, -0.15) is 5.11 Å². The quantitative estimate of drug-likeness (QED) is 0.498. The van der Waals surface area contributed by atoms with Crippen molar-refractivity contribution in [3.05, 3.63) is 6.07 Å². The molecule has 0 aliphatic carbocycles. The molecule has 0 aliphatic heterocycles. The molecule has 1 aromatic rings. The minimum atomic E-state index is -0.539. The standard InChI is InChI=1S/C4H4N2O3/c5-6-2-1-3(7)9-4(2)8/h1,5,7-8H. The minimum absolute atomic E-state index is 0.0764. The first-order valence-corrected chi connectivity index (χ1v) is 2.13. The van der Waals surface area contributed by atoms with Crippen molar-refractivity contribution in [2.75, 3.05) is 0 Å². The van der Waals surface area contributed by atoms with Gasteiger partial charge >= 0.3 is 5.95 Å². The number of nitrogens with zero attached hydrogens (tertiary/aromatic N) is 1. The van der Waals surface area contributed by atoms with E-state index in [0.717, 1.165) is 6.07 Å². The lowest BCUT2D eigenvalue weighted by Crippen LogP contribution is -1.50. The summed E-state index contributed by atoms with van der Waals surface area (Å²) in [6.45, 7) is 0. The first kappa shape index (κ1) is 5.61. The van der Waals surface area contributed by atoms with Crippen molar-refractivity contribution < 1.29 is 14.6 Å². The Bertz CT molecular complexity index is 230. The summed E-state index contributed by atoms with van der Waals surface area (Å²) in [7, 11) is 0. The largest absolute Gasteiger partial charge is 0.481 e. The molecule has 0 saturated heterocycles. The van der Waals surface area contributed by atoms with Crippen LogP contribution in [0.15, 0.2) is 15.6 Å². The number of furan rings is 1. The average Bonchev–Trinajstić information content (AvgIpc) is 2.10. The molecule has 0 atom stereocenters. The molecule has 0 aliphatic rings. The van der Waals surface area contributed by atoms with E-state index in [1.165, 1.54) is 0 Å². The number of hydrogen-bond acceptors (Lipinski definition) is 5. The van der Waals surface area contributed by atoms with Crippen LogP contribution in [0.1, 0.15) is 0 Å². The van der Waals surface area contributed by atoms with E-state index in [1.807, 2.05) is 0 Å². The summed E-state index contributed by atoms with van der Waals surface area (Å²) in [5.74, 6) is -0.985. The highest BCUT2D eigenvalue weighted by molar-refractivity contribution is 5.46. The van der Waals surface area contributed by atoms with Crippen LogP contribution in [0.2, 0.25) is 0 Å². The third-order valence-corrected chi connectivity index (χ3v) is 0.801. The third-order valence-electron chi connectivity index (χ3n) is 0.801. The predicted octanol–water partition coefficient (Wildman–Crippen LogP) is 1.35. The fourth-order valence-corrected chi connectivity index (χ4v) is 0.440. The average molecular weight is 128 g/mol. The number of aromatic hydroxyl groups is 2. The van der Waals surface area contributed by atoms with E-state index in [-0.39, 0.29) is 5.69 Å². The van der Waals surface area contributed by atoms with Crippen LogP contribution in [0.25, 0.3) is 0 Å². The molecule has 0 aromatic carbocycles. The van der Waals surface area contributed by atoms with Gasteiger partial charge < -0.3 is 14.6 Å². The van der Waals surface area contributed by atoms with Gasteiger partial charge in [0.05, 0.1) is 6.07 Å². The number of rotatable bonds is 1. The molecule has 5 nitrogen and oxygen atoms in total. The maximum Gasteiger partial charge on any atom is 0.313 e. The lowest BCUT2D eigenvalue weighted by molar-refractivity contribution is 0.266. The Morgan fingerprint density at radius 3 is 2.44 bits per heavy atom. The zero-order chi connectivity index (χ0) is 6.85. The van der Waals surface area contributed by atoms with E-state index in [0.29, 0.717) is 0 Å². The van der Waals surface area contributed by atoms with E-state index < -0.39 is 11.9 Å². The second-order valence-corrected chi connectivity index (χ2v) is 1.39. The van der Waals surface area contributed by atoms with Gasteiger partial charge in [0.15, 0.2) is 5.69 Å². The molecular weight excluding hydrogens is 124 g/mol. The molecule has 0 spiro atoms. The van der Waals surface area contributed by atoms with Crippen molar-refractivity contribution in [2.45, 2.75) is 0 Å². The highest BCUT2D eigenvalue weighted by Gasteiger charge is 2.06. The fourth-order valence-electron chi connectivity index (χ4n) is 0.440. The Labute approximate surface area is 50.1 Å². The Morgan fingerprint density at radius 2 is 2.22 bits per heavy atom. The van der Waals surface area contributed by atoms with E-state index >= 15 is 0 Å². The molecule has 1 aromatic heterocycles. The Kier molecular flexibility index (Phi) is 1.11. The normalized spacial score (nSPS) is 9.33. The van der Waals surface area contributed by atoms with Gasteiger partial charge in [0.1, 0.15) is 0 Å². The van der Waals surface area contributed by atoms with E-state index in [2.05, 4.69) is 9.53 Å². The molecular formula is C4H4N2O3. The second-order valence-electron chi connectivity index (χ2n) is 1.39. The number of hydrogen-bond donors (Lipinski definition) is 3. The Balaban J connectivity index is 3.15. The lowest BCUT2D eigenvalue weighted by Gasteiger charge is -1.78. The molecule has 0 bridgehead atoms. The van der Waals surface area contributed by atoms with Crippen LogP contribution < -0.4 is 0 Å². The van der Waals surface area contributed by atoms with Gasteiger partial charge in [0.25, 0.3) is 5.95 Å². The van der Waals surface area contributed by atoms with E-state index in [4.69, 9.17) is 15.7 Å². The highest BCUT2D eigenvalue weighted by atomic mass is 16.5. The predicted molar refractivity (Wildman–Crippen MR) is 26.8 cm³/mol. The van der Waals surface area contributed by atoms with Crippen molar-refractivity contribution in [1.82, 2.24) is 0 Å². The second kappa shape index (κ2) is 1.77. The van der Waals surface area contributed by atoms with Crippen LogP contribution in [0.3, 0.4) is 0 Å². The Morgan fingerprint density at radius 1 is 1.56 bits per heavy atom. The van der Waals surface area contributed by atoms with Crippen molar-refractivity contribution >= 4 is 5.69 Å². The third kappa shape index (κ3) is 0.835. The van der Waals surface area contributed by atoms with Crippen LogP contribution in [0.5, 0.6) is 11.9 Å². The van der Waals surface area contributed by atoms with Gasteiger partial charge in [-0.1, -0.05) is 0 Å². The zero-order valence-electron chi connectivity index (χ0n) is 4.33. The van der Waals surface area contributed by atoms with Crippen LogP contribution in [-0.4, -0.2) is 10.2 Å². The summed E-state index contributed by atoms with van der Waals surface area (Å²) >= 11 is 0. The van der Waals surface area contributed by atoms with Crippen molar-refractivity contribution in [3.63, 3.8) is 0 Å². The molecule has 0 unspecified atom stereocenters. The lowest BCUT2D eigenvalue weighted by atomic mass is 10.5. The Hall–Kier alpha value is -1.52. The van der Waals surface area contributed by atoms with Crippen molar-refractivity contribution in [3.8, 4) is 11.9 Å². The zero-order valence-corrected chi connectivity index (χ0v) is 4.33. The van der Waals surface area contributed by atoms with Gasteiger partial charge in [0, 0.05) is 0 Å². The molecule has 5 heteroatoms. The van der Waals surface area contributed by atoms with E-state index in [1.54, 1.807) is 0 Å². The molecule has 0 radical (unpaired) electrons. The van der Waals surface area contributed by atoms with Gasteiger partial charge in [-0.05, 0) is 0 Å². The van der Waals surface area contributed by atoms with Gasteiger partial charge in [0.2, 0.25) is 0 Å². The van der Waals surface area contributed by atoms with Crippen LogP contribution >= 0.6 is 0 Å². The summed E-state index contributed by atoms with van der Waals surface area (Å²) < 4.78 is 4.20. The van der Waals surface area contributed by atoms with Crippen LogP contribution in [0.4, 0.5) is 5.69 Å². The molecule has 48 valence electrons. The first-order valence-electron chi connectivity index (χ1n) is 2.13. The van der Waals surface area contributed by atoms with Gasteiger partial charge in [-0.15, -0.1) is 0 Å². The summed E-state index contributed by atoms with van der Waals surface area (Å²) in [6, 6.07) is 1.04. The molecule has 1 heterocycles. The fraction of sp³-hybridized carbons (Fsp3) is 0. The topological polar surface area (TPSA) is 89.8 Å². The van der Waals surface area contributed by atoms with Crippen LogP contribution in [0, 0.1) is 5.53 Å². The monoisotopic (exact) mass is 128 g/mol. The van der Waals surface area contributed by atoms with E-state index in [9.17, 15) is 0 Å². The molecule has 0 fully saturated rings. The summed E-state index contributed by atoms with van der Waals surface area (Å²) in [5, 5.41) is 19.9. The SMILES string of the molecule is N=Nc1cc(O)oc1O. The highest BCUT2D eigenvalue weighted by Crippen LogP contribution is 2.33. The summed E-state index contributed by atoms with van der Waals surface area (Å²) in [4.78, 5) is 0. The number of nitrogens with one attached hydrogen (secondary N) is 1. The minimum Gasteiger partial charge on any atom is -0.481 e. The smallest absolute Gasteiger partial charge is 0.313 e.